The Morgan fingerprint density at radius 1 is 0.885 bits per heavy atom. The standard InChI is InChI=1S/C21H15IN2O2/c22-20-18-8-4-5-9-19(18)23(14-15-6-2-1-3-7-15)21(20)16-10-12-17(13-11-16)24(25)26/h1-13H,14H2. The summed E-state index contributed by atoms with van der Waals surface area (Å²) in [6, 6.07) is 25.4. The van der Waals surface area contributed by atoms with E-state index < -0.39 is 0 Å². The Bertz CT molecular complexity index is 1090. The average Bonchev–Trinajstić information content (AvgIpc) is 2.95. The third-order valence-corrected chi connectivity index (χ3v) is 5.54. The minimum atomic E-state index is -0.367. The molecule has 1 heterocycles. The van der Waals surface area contributed by atoms with Gasteiger partial charge in [-0.3, -0.25) is 10.1 Å². The van der Waals surface area contributed by atoms with Gasteiger partial charge in [-0.15, -0.1) is 0 Å². The van der Waals surface area contributed by atoms with Gasteiger partial charge in [-0.1, -0.05) is 48.5 Å². The van der Waals surface area contributed by atoms with Crippen LogP contribution in [0.3, 0.4) is 0 Å². The van der Waals surface area contributed by atoms with Crippen LogP contribution in [0.15, 0.2) is 78.9 Å². The fourth-order valence-corrected chi connectivity index (χ4v) is 4.27. The highest BCUT2D eigenvalue weighted by Crippen LogP contribution is 2.36. The quantitative estimate of drug-likeness (QED) is 0.220. The molecule has 1 aromatic heterocycles. The van der Waals surface area contributed by atoms with Crippen molar-refractivity contribution in [2.24, 2.45) is 0 Å². The maximum absolute atomic E-state index is 11.0. The fraction of sp³-hybridized carbons (Fsp3) is 0.0476. The predicted octanol–water partition coefficient (Wildman–Crippen LogP) is 5.87. The molecule has 128 valence electrons. The SMILES string of the molecule is O=[N+]([O-])c1ccc(-c2c(I)c3ccccc3n2Cc2ccccc2)cc1. The van der Waals surface area contributed by atoms with Crippen molar-refractivity contribution < 1.29 is 4.92 Å². The Morgan fingerprint density at radius 3 is 2.23 bits per heavy atom. The van der Waals surface area contributed by atoms with Crippen molar-refractivity contribution in [2.45, 2.75) is 6.54 Å². The molecule has 0 atom stereocenters. The molecule has 0 spiro atoms. The molecule has 0 bridgehead atoms. The van der Waals surface area contributed by atoms with Gasteiger partial charge in [-0.05, 0) is 51.9 Å². The second-order valence-corrected chi connectivity index (χ2v) is 7.13. The highest BCUT2D eigenvalue weighted by atomic mass is 127. The third-order valence-electron chi connectivity index (χ3n) is 4.44. The first-order valence-corrected chi connectivity index (χ1v) is 9.28. The van der Waals surface area contributed by atoms with Crippen molar-refractivity contribution in [1.82, 2.24) is 4.57 Å². The van der Waals surface area contributed by atoms with Crippen LogP contribution in [0.2, 0.25) is 0 Å². The Kier molecular flexibility index (Phi) is 4.46. The number of rotatable bonds is 4. The summed E-state index contributed by atoms with van der Waals surface area (Å²) in [6.07, 6.45) is 0. The summed E-state index contributed by atoms with van der Waals surface area (Å²) in [5, 5.41) is 12.2. The summed E-state index contributed by atoms with van der Waals surface area (Å²) in [5.74, 6) is 0. The van der Waals surface area contributed by atoms with Crippen molar-refractivity contribution in [3.8, 4) is 11.3 Å². The van der Waals surface area contributed by atoms with Crippen LogP contribution in [0.4, 0.5) is 5.69 Å². The second kappa shape index (κ2) is 6.92. The maximum atomic E-state index is 11.0. The summed E-state index contributed by atoms with van der Waals surface area (Å²) in [4.78, 5) is 10.6. The van der Waals surface area contributed by atoms with Crippen LogP contribution in [-0.2, 0) is 6.54 Å². The smallest absolute Gasteiger partial charge is 0.269 e. The number of fused-ring (bicyclic) bond motifs is 1. The molecule has 0 amide bonds. The Balaban J connectivity index is 1.91. The normalized spacial score (nSPS) is 11.0. The molecule has 4 nitrogen and oxygen atoms in total. The van der Waals surface area contributed by atoms with Crippen molar-refractivity contribution in [3.05, 3.63) is 98.1 Å². The lowest BCUT2D eigenvalue weighted by Crippen LogP contribution is -2.02. The summed E-state index contributed by atoms with van der Waals surface area (Å²) in [7, 11) is 0. The lowest BCUT2D eigenvalue weighted by molar-refractivity contribution is -0.384. The first-order valence-electron chi connectivity index (χ1n) is 8.20. The van der Waals surface area contributed by atoms with Gasteiger partial charge in [0.2, 0.25) is 0 Å². The number of benzene rings is 3. The molecule has 0 aliphatic carbocycles. The summed E-state index contributed by atoms with van der Waals surface area (Å²) in [6.45, 7) is 0.747. The zero-order chi connectivity index (χ0) is 18.1. The molecular formula is C21H15IN2O2. The van der Waals surface area contributed by atoms with E-state index in [1.54, 1.807) is 12.1 Å². The lowest BCUT2D eigenvalue weighted by atomic mass is 10.1. The molecule has 4 aromatic rings. The summed E-state index contributed by atoms with van der Waals surface area (Å²) < 4.78 is 3.44. The van der Waals surface area contributed by atoms with Gasteiger partial charge in [0.1, 0.15) is 0 Å². The van der Waals surface area contributed by atoms with Gasteiger partial charge < -0.3 is 4.57 Å². The molecule has 0 N–H and O–H groups in total. The van der Waals surface area contributed by atoms with Crippen LogP contribution in [0.5, 0.6) is 0 Å². The zero-order valence-corrected chi connectivity index (χ0v) is 16.0. The van der Waals surface area contributed by atoms with Gasteiger partial charge in [0.05, 0.1) is 10.6 Å². The van der Waals surface area contributed by atoms with Gasteiger partial charge in [-0.25, -0.2) is 0 Å². The molecule has 0 aliphatic heterocycles. The fourth-order valence-electron chi connectivity index (χ4n) is 3.21. The van der Waals surface area contributed by atoms with Crippen LogP contribution in [0.25, 0.3) is 22.2 Å². The number of nitro benzene ring substituents is 1. The Labute approximate surface area is 164 Å². The Morgan fingerprint density at radius 2 is 1.54 bits per heavy atom. The molecular weight excluding hydrogens is 439 g/mol. The average molecular weight is 454 g/mol. The van der Waals surface area contributed by atoms with E-state index in [2.05, 4.69) is 51.4 Å². The molecule has 0 unspecified atom stereocenters. The molecule has 5 heteroatoms. The zero-order valence-electron chi connectivity index (χ0n) is 13.8. The number of hydrogen-bond donors (Lipinski definition) is 0. The largest absolute Gasteiger partial charge is 0.335 e. The van der Waals surface area contributed by atoms with Gasteiger partial charge in [-0.2, -0.15) is 0 Å². The first-order chi connectivity index (χ1) is 12.6. The van der Waals surface area contributed by atoms with Crippen molar-refractivity contribution in [2.75, 3.05) is 0 Å². The summed E-state index contributed by atoms with van der Waals surface area (Å²) in [5.41, 5.74) is 4.55. The van der Waals surface area contributed by atoms with E-state index in [9.17, 15) is 10.1 Å². The number of hydrogen-bond acceptors (Lipinski definition) is 2. The van der Waals surface area contributed by atoms with Crippen molar-refractivity contribution >= 4 is 39.2 Å². The van der Waals surface area contributed by atoms with Crippen LogP contribution in [-0.4, -0.2) is 9.49 Å². The van der Waals surface area contributed by atoms with Crippen LogP contribution in [0.1, 0.15) is 5.56 Å². The molecule has 3 aromatic carbocycles. The molecule has 0 fully saturated rings. The van der Waals surface area contributed by atoms with E-state index in [4.69, 9.17) is 0 Å². The van der Waals surface area contributed by atoms with E-state index >= 15 is 0 Å². The number of aromatic nitrogens is 1. The van der Waals surface area contributed by atoms with Gasteiger partial charge in [0.15, 0.2) is 0 Å². The Hall–Kier alpha value is -2.67. The number of nitro groups is 1. The highest BCUT2D eigenvalue weighted by Gasteiger charge is 2.17. The van der Waals surface area contributed by atoms with E-state index in [-0.39, 0.29) is 10.6 Å². The van der Waals surface area contributed by atoms with E-state index in [1.807, 2.05) is 42.5 Å². The summed E-state index contributed by atoms with van der Waals surface area (Å²) >= 11 is 2.37. The van der Waals surface area contributed by atoms with E-state index in [0.717, 1.165) is 26.9 Å². The van der Waals surface area contributed by atoms with Gasteiger partial charge in [0.25, 0.3) is 5.69 Å². The monoisotopic (exact) mass is 454 g/mol. The van der Waals surface area contributed by atoms with Gasteiger partial charge in [0, 0.05) is 33.2 Å². The van der Waals surface area contributed by atoms with E-state index in [1.165, 1.54) is 10.9 Å². The maximum Gasteiger partial charge on any atom is 0.269 e. The number of nitrogens with zero attached hydrogens (tertiary/aromatic N) is 2. The number of halogens is 1. The van der Waals surface area contributed by atoms with Crippen molar-refractivity contribution in [1.29, 1.82) is 0 Å². The molecule has 0 aliphatic rings. The first kappa shape index (κ1) is 16.8. The predicted molar refractivity (Wildman–Crippen MR) is 112 cm³/mol. The molecule has 26 heavy (non-hydrogen) atoms. The van der Waals surface area contributed by atoms with E-state index in [0.29, 0.717) is 0 Å². The van der Waals surface area contributed by atoms with Gasteiger partial charge >= 0.3 is 0 Å². The topological polar surface area (TPSA) is 48.1 Å². The minimum absolute atomic E-state index is 0.106. The van der Waals surface area contributed by atoms with Crippen molar-refractivity contribution in [3.63, 3.8) is 0 Å². The second-order valence-electron chi connectivity index (χ2n) is 6.06. The van der Waals surface area contributed by atoms with Crippen LogP contribution in [0, 0.1) is 13.7 Å². The number of para-hydroxylation sites is 1. The molecule has 0 saturated carbocycles. The van der Waals surface area contributed by atoms with Crippen LogP contribution < -0.4 is 0 Å². The molecule has 0 radical (unpaired) electrons. The highest BCUT2D eigenvalue weighted by molar-refractivity contribution is 14.1. The third kappa shape index (κ3) is 2.99. The minimum Gasteiger partial charge on any atom is -0.335 e. The number of non-ortho nitro benzene ring substituents is 1. The molecule has 4 rings (SSSR count). The lowest BCUT2D eigenvalue weighted by Gasteiger charge is -2.12. The molecule has 0 saturated heterocycles. The van der Waals surface area contributed by atoms with Crippen LogP contribution >= 0.6 is 22.6 Å².